The van der Waals surface area contributed by atoms with Crippen molar-refractivity contribution in [3.05, 3.63) is 11.6 Å². The quantitative estimate of drug-likeness (QED) is 0.555. The van der Waals surface area contributed by atoms with E-state index in [-0.39, 0.29) is 17.6 Å². The summed E-state index contributed by atoms with van der Waals surface area (Å²) in [4.78, 5) is 21.4. The fraction of sp³-hybridized carbons (Fsp3) is 0.600. The van der Waals surface area contributed by atoms with Crippen molar-refractivity contribution >= 4 is 11.9 Å². The first-order valence-corrected chi connectivity index (χ1v) is 4.31. The van der Waals surface area contributed by atoms with E-state index in [0.717, 1.165) is 6.08 Å². The minimum atomic E-state index is -1.14. The van der Waals surface area contributed by atoms with Gasteiger partial charge in [-0.2, -0.15) is 0 Å². The van der Waals surface area contributed by atoms with Gasteiger partial charge >= 0.3 is 11.9 Å². The molecule has 0 heterocycles. The van der Waals surface area contributed by atoms with Gasteiger partial charge in [-0.05, 0) is 12.3 Å². The Morgan fingerprint density at radius 1 is 1.36 bits per heavy atom. The molecule has 0 aliphatic carbocycles. The topological polar surface area (TPSA) is 63.6 Å². The Labute approximate surface area is 83.6 Å². The van der Waals surface area contributed by atoms with Gasteiger partial charge in [-0.1, -0.05) is 20.8 Å². The molecule has 0 radical (unpaired) electrons. The van der Waals surface area contributed by atoms with Crippen molar-refractivity contribution in [2.45, 2.75) is 27.7 Å². The zero-order chi connectivity index (χ0) is 11.4. The van der Waals surface area contributed by atoms with Gasteiger partial charge in [-0.25, -0.2) is 9.59 Å². The summed E-state index contributed by atoms with van der Waals surface area (Å²) in [6.45, 7) is 7.47. The number of aliphatic carboxylic acids is 1. The first-order valence-electron chi connectivity index (χ1n) is 4.31. The largest absolute Gasteiger partial charge is 0.478 e. The van der Waals surface area contributed by atoms with E-state index in [9.17, 15) is 9.59 Å². The molecule has 0 aliphatic heterocycles. The zero-order valence-electron chi connectivity index (χ0n) is 8.96. The second kappa shape index (κ2) is 4.79. The van der Waals surface area contributed by atoms with Crippen LogP contribution in [0.1, 0.15) is 27.7 Å². The molecule has 0 atom stereocenters. The lowest BCUT2D eigenvalue weighted by Gasteiger charge is -2.17. The van der Waals surface area contributed by atoms with Gasteiger partial charge < -0.3 is 9.84 Å². The van der Waals surface area contributed by atoms with Crippen molar-refractivity contribution in [1.29, 1.82) is 0 Å². The lowest BCUT2D eigenvalue weighted by molar-refractivity contribution is -0.142. The predicted molar refractivity (Wildman–Crippen MR) is 51.8 cm³/mol. The second-order valence-corrected chi connectivity index (χ2v) is 4.30. The summed E-state index contributed by atoms with van der Waals surface area (Å²) in [5, 5.41) is 8.38. The van der Waals surface area contributed by atoms with Crippen molar-refractivity contribution in [2.24, 2.45) is 5.41 Å². The second-order valence-electron chi connectivity index (χ2n) is 4.30. The lowest BCUT2D eigenvalue weighted by Crippen LogP contribution is -2.19. The summed E-state index contributed by atoms with van der Waals surface area (Å²) >= 11 is 0. The molecule has 0 aromatic carbocycles. The number of rotatable bonds is 3. The van der Waals surface area contributed by atoms with Crippen molar-refractivity contribution in [3.63, 3.8) is 0 Å². The number of hydrogen-bond acceptors (Lipinski definition) is 3. The van der Waals surface area contributed by atoms with Gasteiger partial charge in [0.1, 0.15) is 0 Å². The van der Waals surface area contributed by atoms with E-state index in [1.807, 2.05) is 20.8 Å². The molecule has 0 fully saturated rings. The maximum Gasteiger partial charge on any atom is 0.333 e. The van der Waals surface area contributed by atoms with E-state index in [2.05, 4.69) is 0 Å². The van der Waals surface area contributed by atoms with Crippen molar-refractivity contribution in [3.8, 4) is 0 Å². The van der Waals surface area contributed by atoms with Crippen LogP contribution in [-0.4, -0.2) is 23.7 Å². The third kappa shape index (κ3) is 6.22. The molecular weight excluding hydrogens is 184 g/mol. The smallest absolute Gasteiger partial charge is 0.333 e. The predicted octanol–water partition coefficient (Wildman–Crippen LogP) is 1.61. The first kappa shape index (κ1) is 12.7. The Bertz CT molecular complexity index is 258. The van der Waals surface area contributed by atoms with Crippen LogP contribution in [0.4, 0.5) is 0 Å². The van der Waals surface area contributed by atoms with Crippen molar-refractivity contribution in [1.82, 2.24) is 0 Å². The molecule has 0 aromatic heterocycles. The van der Waals surface area contributed by atoms with Crippen LogP contribution in [0, 0.1) is 5.41 Å². The van der Waals surface area contributed by atoms with Crippen LogP contribution in [0.2, 0.25) is 0 Å². The van der Waals surface area contributed by atoms with Crippen LogP contribution in [0.25, 0.3) is 0 Å². The van der Waals surface area contributed by atoms with Gasteiger partial charge in [0.2, 0.25) is 0 Å². The number of esters is 1. The molecule has 80 valence electrons. The van der Waals surface area contributed by atoms with Crippen LogP contribution < -0.4 is 0 Å². The number of hydrogen-bond donors (Lipinski definition) is 1. The Morgan fingerprint density at radius 2 is 1.86 bits per heavy atom. The average molecular weight is 200 g/mol. The Kier molecular flexibility index (Phi) is 4.34. The van der Waals surface area contributed by atoms with Crippen molar-refractivity contribution < 1.29 is 19.4 Å². The maximum atomic E-state index is 11.2. The van der Waals surface area contributed by atoms with E-state index in [4.69, 9.17) is 9.84 Å². The van der Waals surface area contributed by atoms with Crippen LogP contribution in [0.3, 0.4) is 0 Å². The molecule has 0 rings (SSSR count). The SMILES string of the molecule is C/C(=C/C(=O)O)C(=O)OCC(C)(C)C. The van der Waals surface area contributed by atoms with Crippen LogP contribution in [-0.2, 0) is 14.3 Å². The summed E-state index contributed by atoms with van der Waals surface area (Å²) in [5.74, 6) is -1.72. The molecule has 14 heavy (non-hydrogen) atoms. The molecule has 4 nitrogen and oxygen atoms in total. The molecule has 0 amide bonds. The highest BCUT2D eigenvalue weighted by atomic mass is 16.5. The number of carboxylic acids is 1. The van der Waals surface area contributed by atoms with Gasteiger partial charge in [0.15, 0.2) is 0 Å². The Morgan fingerprint density at radius 3 is 2.21 bits per heavy atom. The highest BCUT2D eigenvalue weighted by Gasteiger charge is 2.14. The van der Waals surface area contributed by atoms with E-state index in [1.165, 1.54) is 6.92 Å². The summed E-state index contributed by atoms with van der Waals surface area (Å²) in [7, 11) is 0. The van der Waals surface area contributed by atoms with E-state index in [0.29, 0.717) is 0 Å². The highest BCUT2D eigenvalue weighted by Crippen LogP contribution is 2.13. The third-order valence-corrected chi connectivity index (χ3v) is 1.30. The fourth-order valence-electron chi connectivity index (χ4n) is 0.640. The monoisotopic (exact) mass is 200 g/mol. The molecular formula is C10H16O4. The molecule has 0 unspecified atom stereocenters. The Balaban J connectivity index is 4.17. The normalized spacial score (nSPS) is 12.4. The number of carbonyl (C=O) groups excluding carboxylic acids is 1. The molecule has 0 bridgehead atoms. The van der Waals surface area contributed by atoms with Crippen LogP contribution >= 0.6 is 0 Å². The lowest BCUT2D eigenvalue weighted by atomic mass is 9.99. The Hall–Kier alpha value is -1.32. The van der Waals surface area contributed by atoms with Gasteiger partial charge in [0.05, 0.1) is 6.61 Å². The van der Waals surface area contributed by atoms with Gasteiger partial charge in [-0.15, -0.1) is 0 Å². The minimum absolute atomic E-state index is 0.0988. The van der Waals surface area contributed by atoms with E-state index < -0.39 is 11.9 Å². The fourth-order valence-corrected chi connectivity index (χ4v) is 0.640. The molecule has 1 N–H and O–H groups in total. The molecule has 0 aliphatic rings. The van der Waals surface area contributed by atoms with Gasteiger partial charge in [0, 0.05) is 11.6 Å². The molecule has 0 aromatic rings. The summed E-state index contributed by atoms with van der Waals surface area (Å²) in [6, 6.07) is 0. The van der Waals surface area contributed by atoms with Gasteiger partial charge in [-0.3, -0.25) is 0 Å². The molecule has 0 spiro atoms. The molecule has 0 saturated carbocycles. The van der Waals surface area contributed by atoms with Crippen molar-refractivity contribution in [2.75, 3.05) is 6.61 Å². The molecule has 0 saturated heterocycles. The minimum Gasteiger partial charge on any atom is -0.478 e. The van der Waals surface area contributed by atoms with E-state index in [1.54, 1.807) is 0 Å². The van der Waals surface area contributed by atoms with E-state index >= 15 is 0 Å². The third-order valence-electron chi connectivity index (χ3n) is 1.30. The first-order chi connectivity index (χ1) is 6.22. The zero-order valence-corrected chi connectivity index (χ0v) is 8.96. The van der Waals surface area contributed by atoms with Crippen LogP contribution in [0.5, 0.6) is 0 Å². The average Bonchev–Trinajstić information content (AvgIpc) is 1.97. The number of ether oxygens (including phenoxy) is 1. The maximum absolute atomic E-state index is 11.2. The highest BCUT2D eigenvalue weighted by molar-refractivity contribution is 5.95. The van der Waals surface area contributed by atoms with Gasteiger partial charge in [0.25, 0.3) is 0 Å². The summed E-state index contributed by atoms with van der Waals surface area (Å²) < 4.78 is 4.90. The summed E-state index contributed by atoms with van der Waals surface area (Å²) in [6.07, 6.45) is 0.838. The number of carboxylic acid groups (broad SMARTS) is 1. The number of carbonyl (C=O) groups is 2. The van der Waals surface area contributed by atoms with Crippen LogP contribution in [0.15, 0.2) is 11.6 Å². The standard InChI is InChI=1S/C10H16O4/c1-7(5-8(11)12)9(13)14-6-10(2,3)4/h5H,6H2,1-4H3,(H,11,12)/b7-5-. The summed E-state index contributed by atoms with van der Waals surface area (Å²) in [5.41, 5.74) is -0.0131. The molecule has 4 heteroatoms.